The topological polar surface area (TPSA) is 77.9 Å². The fourth-order valence-electron chi connectivity index (χ4n) is 1.92. The van der Waals surface area contributed by atoms with Gasteiger partial charge in [0, 0.05) is 25.6 Å². The van der Waals surface area contributed by atoms with Crippen molar-refractivity contribution >= 4 is 16.0 Å². The van der Waals surface area contributed by atoms with Crippen molar-refractivity contribution in [2.45, 2.75) is 25.3 Å². The van der Waals surface area contributed by atoms with Crippen molar-refractivity contribution < 1.29 is 18.3 Å². The van der Waals surface area contributed by atoms with Crippen LogP contribution in [0.4, 0.5) is 0 Å². The van der Waals surface area contributed by atoms with Gasteiger partial charge in [-0.05, 0) is 26.9 Å². The minimum Gasteiger partial charge on any atom is -0.481 e. The number of sulfonamides is 1. The summed E-state index contributed by atoms with van der Waals surface area (Å²) in [7, 11) is 0.593. The van der Waals surface area contributed by atoms with Crippen LogP contribution in [0.3, 0.4) is 0 Å². The highest BCUT2D eigenvalue weighted by Gasteiger charge is 2.31. The Morgan fingerprint density at radius 3 is 2.59 bits per heavy atom. The van der Waals surface area contributed by atoms with Crippen molar-refractivity contribution in [1.82, 2.24) is 9.21 Å². The smallest absolute Gasteiger partial charge is 0.303 e. The summed E-state index contributed by atoms with van der Waals surface area (Å²) >= 11 is 0. The highest BCUT2D eigenvalue weighted by Crippen LogP contribution is 2.17. The summed E-state index contributed by atoms with van der Waals surface area (Å²) in [5.74, 6) is -1.02. The van der Waals surface area contributed by atoms with Crippen LogP contribution in [0.1, 0.15) is 19.3 Å². The lowest BCUT2D eigenvalue weighted by molar-refractivity contribution is -0.137. The molecule has 6 nitrogen and oxygen atoms in total. The molecule has 0 amide bonds. The van der Waals surface area contributed by atoms with Gasteiger partial charge in [0.05, 0.1) is 5.75 Å². The van der Waals surface area contributed by atoms with Crippen LogP contribution in [0.25, 0.3) is 0 Å². The molecule has 7 heteroatoms. The van der Waals surface area contributed by atoms with Crippen LogP contribution in [-0.4, -0.2) is 67.7 Å². The van der Waals surface area contributed by atoms with Gasteiger partial charge >= 0.3 is 5.97 Å². The van der Waals surface area contributed by atoms with Crippen LogP contribution >= 0.6 is 0 Å². The molecule has 0 aromatic rings. The minimum absolute atomic E-state index is 0.0700. The Labute approximate surface area is 102 Å². The lowest BCUT2D eigenvalue weighted by Gasteiger charge is -2.20. The second kappa shape index (κ2) is 5.79. The average Bonchev–Trinajstić information content (AvgIpc) is 2.65. The fourth-order valence-corrected chi connectivity index (χ4v) is 3.47. The molecule has 1 rings (SSSR count). The van der Waals surface area contributed by atoms with Crippen LogP contribution in [-0.2, 0) is 14.8 Å². The van der Waals surface area contributed by atoms with E-state index in [1.807, 2.05) is 19.0 Å². The second-order valence-electron chi connectivity index (χ2n) is 4.58. The molecule has 0 aliphatic carbocycles. The normalized spacial score (nSPS) is 22.2. The summed E-state index contributed by atoms with van der Waals surface area (Å²) in [4.78, 5) is 12.4. The number of hydrogen-bond donors (Lipinski definition) is 1. The van der Waals surface area contributed by atoms with E-state index < -0.39 is 16.0 Å². The molecule has 0 spiro atoms. The number of carboxylic acids is 1. The number of hydrogen-bond acceptors (Lipinski definition) is 4. The van der Waals surface area contributed by atoms with E-state index in [1.54, 1.807) is 0 Å². The molecule has 1 N–H and O–H groups in total. The Balaban J connectivity index is 2.46. The van der Waals surface area contributed by atoms with Gasteiger partial charge in [0.2, 0.25) is 10.0 Å². The summed E-state index contributed by atoms with van der Waals surface area (Å²) in [6, 6.07) is 0.268. The lowest BCUT2D eigenvalue weighted by atomic mass is 10.2. The van der Waals surface area contributed by atoms with E-state index in [0.717, 1.165) is 6.42 Å². The molecule has 1 aliphatic rings. The Bertz CT molecular complexity index is 367. The number of carbonyl (C=O) groups is 1. The van der Waals surface area contributed by atoms with Crippen molar-refractivity contribution in [2.24, 2.45) is 0 Å². The van der Waals surface area contributed by atoms with Crippen LogP contribution in [0, 0.1) is 0 Å². The molecule has 0 aromatic heterocycles. The van der Waals surface area contributed by atoms with Crippen LogP contribution in [0.2, 0.25) is 0 Å². The van der Waals surface area contributed by atoms with Gasteiger partial charge in [-0.2, -0.15) is 0 Å². The molecule has 1 atom stereocenters. The van der Waals surface area contributed by atoms with Crippen LogP contribution in [0.15, 0.2) is 0 Å². The Hall–Kier alpha value is -0.660. The number of rotatable bonds is 6. The lowest BCUT2D eigenvalue weighted by Crippen LogP contribution is -2.35. The summed E-state index contributed by atoms with van der Waals surface area (Å²) in [5, 5.41) is 8.48. The SMILES string of the molecule is CN(C)C1CCN(S(=O)(=O)CCCC(=O)O)C1. The maximum atomic E-state index is 11.9. The fraction of sp³-hybridized carbons (Fsp3) is 0.900. The zero-order valence-corrected chi connectivity index (χ0v) is 11.1. The number of nitrogens with zero attached hydrogens (tertiary/aromatic N) is 2. The standard InChI is InChI=1S/C10H20N2O4S/c1-11(2)9-5-6-12(8-9)17(15,16)7-3-4-10(13)14/h9H,3-8H2,1-2H3,(H,13,14). The third kappa shape index (κ3) is 4.25. The molecule has 100 valence electrons. The van der Waals surface area contributed by atoms with Crippen molar-refractivity contribution in [3.8, 4) is 0 Å². The van der Waals surface area contributed by atoms with Gasteiger partial charge in [-0.3, -0.25) is 4.79 Å². The molecule has 1 aliphatic heterocycles. The maximum absolute atomic E-state index is 11.9. The number of carboxylic acid groups (broad SMARTS) is 1. The first-order valence-corrected chi connectivity index (χ1v) is 7.30. The monoisotopic (exact) mass is 264 g/mol. The van der Waals surface area contributed by atoms with E-state index in [1.165, 1.54) is 4.31 Å². The molecular formula is C10H20N2O4S. The van der Waals surface area contributed by atoms with E-state index in [0.29, 0.717) is 13.1 Å². The third-order valence-corrected chi connectivity index (χ3v) is 4.97. The molecule has 0 saturated carbocycles. The van der Waals surface area contributed by atoms with E-state index in [9.17, 15) is 13.2 Å². The average molecular weight is 264 g/mol. The first-order valence-electron chi connectivity index (χ1n) is 5.69. The zero-order valence-electron chi connectivity index (χ0n) is 10.3. The van der Waals surface area contributed by atoms with E-state index in [4.69, 9.17) is 5.11 Å². The summed E-state index contributed by atoms with van der Waals surface area (Å²) < 4.78 is 25.3. The molecule has 1 unspecified atom stereocenters. The summed E-state index contributed by atoms with van der Waals surface area (Å²) in [5.41, 5.74) is 0. The van der Waals surface area contributed by atoms with Crippen molar-refractivity contribution in [2.75, 3.05) is 32.9 Å². The highest BCUT2D eigenvalue weighted by atomic mass is 32.2. The Morgan fingerprint density at radius 2 is 2.12 bits per heavy atom. The molecule has 1 fully saturated rings. The largest absolute Gasteiger partial charge is 0.481 e. The quantitative estimate of drug-likeness (QED) is 0.720. The van der Waals surface area contributed by atoms with Crippen molar-refractivity contribution in [1.29, 1.82) is 0 Å². The first-order chi connectivity index (χ1) is 7.83. The number of likely N-dealkylation sites (N-methyl/N-ethyl adjacent to an activating group) is 1. The molecular weight excluding hydrogens is 244 g/mol. The summed E-state index contributed by atoms with van der Waals surface area (Å²) in [6.07, 6.45) is 0.927. The third-order valence-electron chi connectivity index (χ3n) is 3.04. The second-order valence-corrected chi connectivity index (χ2v) is 6.67. The first kappa shape index (κ1) is 14.4. The summed E-state index contributed by atoms with van der Waals surface area (Å²) in [6.45, 7) is 1.06. The zero-order chi connectivity index (χ0) is 13.1. The Morgan fingerprint density at radius 1 is 1.47 bits per heavy atom. The van der Waals surface area contributed by atoms with Crippen molar-refractivity contribution in [3.05, 3.63) is 0 Å². The molecule has 17 heavy (non-hydrogen) atoms. The molecule has 1 saturated heterocycles. The minimum atomic E-state index is -3.28. The van der Waals surface area contributed by atoms with E-state index in [-0.39, 0.29) is 24.6 Å². The van der Waals surface area contributed by atoms with Gasteiger partial charge in [0.15, 0.2) is 0 Å². The van der Waals surface area contributed by atoms with Gasteiger partial charge in [0.25, 0.3) is 0 Å². The molecule has 1 heterocycles. The molecule has 0 radical (unpaired) electrons. The Kier molecular flexibility index (Phi) is 4.91. The predicted molar refractivity (Wildman–Crippen MR) is 64.3 cm³/mol. The van der Waals surface area contributed by atoms with Gasteiger partial charge in [0.1, 0.15) is 0 Å². The van der Waals surface area contributed by atoms with Gasteiger partial charge in [-0.25, -0.2) is 12.7 Å². The van der Waals surface area contributed by atoms with E-state index in [2.05, 4.69) is 0 Å². The van der Waals surface area contributed by atoms with Gasteiger partial charge < -0.3 is 10.0 Å². The van der Waals surface area contributed by atoms with Gasteiger partial charge in [-0.15, -0.1) is 0 Å². The highest BCUT2D eigenvalue weighted by molar-refractivity contribution is 7.89. The van der Waals surface area contributed by atoms with E-state index >= 15 is 0 Å². The van der Waals surface area contributed by atoms with Crippen LogP contribution < -0.4 is 0 Å². The van der Waals surface area contributed by atoms with Crippen molar-refractivity contribution in [3.63, 3.8) is 0 Å². The van der Waals surface area contributed by atoms with Gasteiger partial charge in [-0.1, -0.05) is 0 Å². The molecule has 0 bridgehead atoms. The molecule has 0 aromatic carbocycles. The van der Waals surface area contributed by atoms with Crippen LogP contribution in [0.5, 0.6) is 0 Å². The number of aliphatic carboxylic acids is 1. The predicted octanol–water partition coefficient (Wildman–Crippen LogP) is -0.183. The maximum Gasteiger partial charge on any atom is 0.303 e.